The maximum absolute atomic E-state index is 5.96. The molecule has 102 valence electrons. The minimum Gasteiger partial charge on any atom is -0.371 e. The Morgan fingerprint density at radius 1 is 1.28 bits per heavy atom. The van der Waals surface area contributed by atoms with Crippen molar-refractivity contribution in [3.8, 4) is 0 Å². The van der Waals surface area contributed by atoms with E-state index in [4.69, 9.17) is 5.73 Å². The van der Waals surface area contributed by atoms with Crippen LogP contribution in [0.2, 0.25) is 0 Å². The lowest BCUT2D eigenvalue weighted by Gasteiger charge is -2.32. The Kier molecular flexibility index (Phi) is 6.03. The highest BCUT2D eigenvalue weighted by molar-refractivity contribution is 7.99. The van der Waals surface area contributed by atoms with Crippen molar-refractivity contribution in [3.63, 3.8) is 0 Å². The van der Waals surface area contributed by atoms with E-state index < -0.39 is 0 Å². The number of hydrogen-bond donors (Lipinski definition) is 1. The van der Waals surface area contributed by atoms with Crippen molar-refractivity contribution in [1.29, 1.82) is 0 Å². The fourth-order valence-electron chi connectivity index (χ4n) is 2.05. The van der Waals surface area contributed by atoms with Gasteiger partial charge in [0.25, 0.3) is 0 Å². The summed E-state index contributed by atoms with van der Waals surface area (Å²) >= 11 is 1.87. The molecule has 1 rings (SSSR count). The Morgan fingerprint density at radius 3 is 2.44 bits per heavy atom. The average Bonchev–Trinajstić information content (AvgIpc) is 2.37. The second-order valence-electron chi connectivity index (χ2n) is 4.99. The first-order chi connectivity index (χ1) is 8.52. The zero-order chi connectivity index (χ0) is 13.7. The van der Waals surface area contributed by atoms with Crippen molar-refractivity contribution in [2.45, 2.75) is 45.2 Å². The standard InChI is InChI=1S/C15H26N2S/c1-6-18-15-9-7-8-14(13(15)10-16)17(5)12(4)11(2)3/h7-9,11-12H,6,10,16H2,1-5H3. The molecule has 0 aliphatic carbocycles. The zero-order valence-corrected chi connectivity index (χ0v) is 13.1. The first-order valence-corrected chi connectivity index (χ1v) is 7.69. The molecule has 0 saturated carbocycles. The van der Waals surface area contributed by atoms with Crippen LogP contribution in [0.5, 0.6) is 0 Å². The van der Waals surface area contributed by atoms with Crippen molar-refractivity contribution < 1.29 is 0 Å². The van der Waals surface area contributed by atoms with Crippen LogP contribution in [-0.2, 0) is 6.54 Å². The van der Waals surface area contributed by atoms with Gasteiger partial charge in [-0.2, -0.15) is 0 Å². The SMILES string of the molecule is CCSc1cccc(N(C)C(C)C(C)C)c1CN. The molecule has 2 N–H and O–H groups in total. The molecule has 0 fully saturated rings. The van der Waals surface area contributed by atoms with Crippen molar-refractivity contribution in [2.24, 2.45) is 11.7 Å². The lowest BCUT2D eigenvalue weighted by Crippen LogP contribution is -2.34. The van der Waals surface area contributed by atoms with Crippen molar-refractivity contribution >= 4 is 17.4 Å². The lowest BCUT2D eigenvalue weighted by molar-refractivity contribution is 0.504. The zero-order valence-electron chi connectivity index (χ0n) is 12.2. The Morgan fingerprint density at radius 2 is 1.94 bits per heavy atom. The van der Waals surface area contributed by atoms with Crippen LogP contribution in [0.25, 0.3) is 0 Å². The minimum absolute atomic E-state index is 0.511. The quantitative estimate of drug-likeness (QED) is 0.795. The summed E-state index contributed by atoms with van der Waals surface area (Å²) in [7, 11) is 2.17. The molecule has 0 amide bonds. The minimum atomic E-state index is 0.511. The normalized spacial score (nSPS) is 12.8. The highest BCUT2D eigenvalue weighted by Gasteiger charge is 2.17. The van der Waals surface area contributed by atoms with Gasteiger partial charge in [-0.3, -0.25) is 0 Å². The third-order valence-electron chi connectivity index (χ3n) is 3.57. The van der Waals surface area contributed by atoms with E-state index in [0.29, 0.717) is 18.5 Å². The predicted molar refractivity (Wildman–Crippen MR) is 83.4 cm³/mol. The van der Waals surface area contributed by atoms with Gasteiger partial charge in [-0.25, -0.2) is 0 Å². The van der Waals surface area contributed by atoms with Crippen LogP contribution in [-0.4, -0.2) is 18.8 Å². The molecular weight excluding hydrogens is 240 g/mol. The molecule has 0 bridgehead atoms. The van der Waals surface area contributed by atoms with Crippen molar-refractivity contribution in [2.75, 3.05) is 17.7 Å². The summed E-state index contributed by atoms with van der Waals surface area (Å²) in [5, 5.41) is 0. The lowest BCUT2D eigenvalue weighted by atomic mass is 10.0. The van der Waals surface area contributed by atoms with Crippen molar-refractivity contribution in [3.05, 3.63) is 23.8 Å². The molecule has 0 aliphatic heterocycles. The Bertz CT molecular complexity index is 377. The Labute approximate surface area is 116 Å². The van der Waals surface area contributed by atoms with Gasteiger partial charge in [0, 0.05) is 35.8 Å². The van der Waals surface area contributed by atoms with Crippen LogP contribution in [0.3, 0.4) is 0 Å². The molecule has 0 spiro atoms. The number of anilines is 1. The van der Waals surface area contributed by atoms with Gasteiger partial charge in [-0.1, -0.05) is 26.8 Å². The second-order valence-corrected chi connectivity index (χ2v) is 6.29. The predicted octanol–water partition coefficient (Wildman–Crippen LogP) is 3.74. The molecule has 2 nitrogen and oxygen atoms in total. The molecule has 3 heteroatoms. The van der Waals surface area contributed by atoms with E-state index in [-0.39, 0.29) is 0 Å². The summed E-state index contributed by atoms with van der Waals surface area (Å²) in [4.78, 5) is 3.67. The summed E-state index contributed by atoms with van der Waals surface area (Å²) in [6.07, 6.45) is 0. The Balaban J connectivity index is 3.11. The van der Waals surface area contributed by atoms with E-state index in [9.17, 15) is 0 Å². The number of rotatable bonds is 6. The average molecular weight is 266 g/mol. The van der Waals surface area contributed by atoms with Gasteiger partial charge >= 0.3 is 0 Å². The third-order valence-corrected chi connectivity index (χ3v) is 4.55. The molecular formula is C15H26N2S. The van der Waals surface area contributed by atoms with Crippen LogP contribution < -0.4 is 10.6 Å². The molecule has 1 aromatic carbocycles. The monoisotopic (exact) mass is 266 g/mol. The van der Waals surface area contributed by atoms with E-state index in [2.05, 4.69) is 57.8 Å². The van der Waals surface area contributed by atoms with Gasteiger partial charge < -0.3 is 10.6 Å². The third kappa shape index (κ3) is 3.42. The van der Waals surface area contributed by atoms with Crippen LogP contribution in [0.1, 0.15) is 33.3 Å². The smallest absolute Gasteiger partial charge is 0.0422 e. The molecule has 0 saturated heterocycles. The Hall–Kier alpha value is -0.670. The molecule has 1 unspecified atom stereocenters. The van der Waals surface area contributed by atoms with Crippen LogP contribution in [0.15, 0.2) is 23.1 Å². The van der Waals surface area contributed by atoms with Gasteiger partial charge in [0.05, 0.1) is 0 Å². The molecule has 0 radical (unpaired) electrons. The van der Waals surface area contributed by atoms with Gasteiger partial charge in [0.2, 0.25) is 0 Å². The number of nitrogens with two attached hydrogens (primary N) is 1. The van der Waals surface area contributed by atoms with E-state index in [1.54, 1.807) is 0 Å². The summed E-state index contributed by atoms with van der Waals surface area (Å²) < 4.78 is 0. The van der Waals surface area contributed by atoms with Gasteiger partial charge in [0.1, 0.15) is 0 Å². The summed E-state index contributed by atoms with van der Waals surface area (Å²) in [5.74, 6) is 1.71. The first kappa shape index (κ1) is 15.4. The van der Waals surface area contributed by atoms with Crippen LogP contribution >= 0.6 is 11.8 Å². The highest BCUT2D eigenvalue weighted by atomic mass is 32.2. The first-order valence-electron chi connectivity index (χ1n) is 6.70. The van der Waals surface area contributed by atoms with Gasteiger partial charge in [-0.15, -0.1) is 11.8 Å². The maximum Gasteiger partial charge on any atom is 0.0422 e. The largest absolute Gasteiger partial charge is 0.371 e. The molecule has 1 aromatic rings. The molecule has 0 aliphatic rings. The molecule has 18 heavy (non-hydrogen) atoms. The molecule has 1 atom stereocenters. The van der Waals surface area contributed by atoms with E-state index in [1.807, 2.05) is 11.8 Å². The maximum atomic E-state index is 5.96. The number of nitrogens with zero attached hydrogens (tertiary/aromatic N) is 1. The topological polar surface area (TPSA) is 29.3 Å². The van der Waals surface area contributed by atoms with Gasteiger partial charge in [0.15, 0.2) is 0 Å². The van der Waals surface area contributed by atoms with Crippen LogP contribution in [0.4, 0.5) is 5.69 Å². The highest BCUT2D eigenvalue weighted by Crippen LogP contribution is 2.31. The number of benzene rings is 1. The second kappa shape index (κ2) is 7.05. The molecule has 0 aromatic heterocycles. The summed E-state index contributed by atoms with van der Waals surface area (Å²) in [6, 6.07) is 7.00. The fraction of sp³-hybridized carbons (Fsp3) is 0.600. The van der Waals surface area contributed by atoms with E-state index >= 15 is 0 Å². The van der Waals surface area contributed by atoms with Crippen molar-refractivity contribution in [1.82, 2.24) is 0 Å². The summed E-state index contributed by atoms with van der Waals surface area (Å²) in [5.41, 5.74) is 8.51. The van der Waals surface area contributed by atoms with E-state index in [0.717, 1.165) is 5.75 Å². The van der Waals surface area contributed by atoms with Crippen LogP contribution in [0, 0.1) is 5.92 Å². The number of hydrogen-bond acceptors (Lipinski definition) is 3. The fourth-order valence-corrected chi connectivity index (χ4v) is 2.89. The van der Waals surface area contributed by atoms with E-state index in [1.165, 1.54) is 16.1 Å². The molecule has 0 heterocycles. The summed E-state index contributed by atoms with van der Waals surface area (Å²) in [6.45, 7) is 9.57. The number of thioether (sulfide) groups is 1. The van der Waals surface area contributed by atoms with Gasteiger partial charge in [-0.05, 0) is 30.7 Å².